The minimum Gasteiger partial charge on any atom is -0.481 e. The zero-order valence-corrected chi connectivity index (χ0v) is 15.2. The Labute approximate surface area is 155 Å². The van der Waals surface area contributed by atoms with Crippen molar-refractivity contribution in [1.29, 1.82) is 0 Å². The third kappa shape index (κ3) is 3.13. The lowest BCUT2D eigenvalue weighted by atomic mass is 10.1. The molecule has 0 amide bonds. The van der Waals surface area contributed by atoms with Crippen LogP contribution in [0, 0.1) is 6.92 Å². The van der Waals surface area contributed by atoms with Crippen LogP contribution in [0.3, 0.4) is 0 Å². The predicted molar refractivity (Wildman–Crippen MR) is 105 cm³/mol. The van der Waals surface area contributed by atoms with Crippen LogP contribution in [0.25, 0.3) is 27.2 Å². The summed E-state index contributed by atoms with van der Waals surface area (Å²) in [6, 6.07) is 20.5. The van der Waals surface area contributed by atoms with Crippen molar-refractivity contribution in [2.45, 2.75) is 19.8 Å². The summed E-state index contributed by atoms with van der Waals surface area (Å²) in [5.41, 5.74) is 5.19. The summed E-state index contributed by atoms with van der Waals surface area (Å²) in [5, 5.41) is 10.1. The maximum absolute atomic E-state index is 11.1. The van der Waals surface area contributed by atoms with Crippen molar-refractivity contribution in [3.8, 4) is 16.9 Å². The number of thiazole rings is 1. The summed E-state index contributed by atoms with van der Waals surface area (Å²) in [6.45, 7) is 2.01. The number of aromatic nitrogens is 2. The number of carboxylic acids is 1. The van der Waals surface area contributed by atoms with Gasteiger partial charge in [0.25, 0.3) is 0 Å². The van der Waals surface area contributed by atoms with Crippen molar-refractivity contribution in [2.75, 3.05) is 0 Å². The molecule has 0 unspecified atom stereocenters. The molecule has 2 aromatic heterocycles. The van der Waals surface area contributed by atoms with E-state index < -0.39 is 5.97 Å². The first-order chi connectivity index (χ1) is 12.6. The van der Waals surface area contributed by atoms with Gasteiger partial charge in [0.1, 0.15) is 0 Å². The topological polar surface area (TPSA) is 55.1 Å². The highest BCUT2D eigenvalue weighted by atomic mass is 32.1. The Kier molecular flexibility index (Phi) is 4.31. The Morgan fingerprint density at radius 3 is 2.69 bits per heavy atom. The molecule has 2 heterocycles. The molecule has 0 aliphatic rings. The number of rotatable bonds is 5. The zero-order chi connectivity index (χ0) is 18.1. The molecule has 0 saturated heterocycles. The number of nitrogens with zero attached hydrogens (tertiary/aromatic N) is 2. The van der Waals surface area contributed by atoms with Crippen LogP contribution in [-0.4, -0.2) is 20.6 Å². The van der Waals surface area contributed by atoms with Gasteiger partial charge in [0.2, 0.25) is 0 Å². The minimum absolute atomic E-state index is 0.111. The monoisotopic (exact) mass is 362 g/mol. The number of carbonyl (C=O) groups is 1. The smallest absolute Gasteiger partial charge is 0.303 e. The highest BCUT2D eigenvalue weighted by Gasteiger charge is 2.14. The summed E-state index contributed by atoms with van der Waals surface area (Å²) in [4.78, 5) is 15.6. The van der Waals surface area contributed by atoms with Gasteiger partial charge in [-0.2, -0.15) is 0 Å². The van der Waals surface area contributed by atoms with Crippen LogP contribution in [0.15, 0.2) is 60.7 Å². The van der Waals surface area contributed by atoms with Crippen LogP contribution >= 0.6 is 11.3 Å². The SMILES string of the molecule is Cc1nc2ccc(-n3c(CCC(=O)O)ccc3-c3ccccc3)cc2s1. The molecule has 0 aliphatic carbocycles. The molecule has 4 aromatic rings. The van der Waals surface area contributed by atoms with Crippen molar-refractivity contribution >= 4 is 27.5 Å². The highest BCUT2D eigenvalue weighted by molar-refractivity contribution is 7.18. The Bertz CT molecular complexity index is 1080. The fraction of sp³-hybridized carbons (Fsp3) is 0.143. The molecule has 130 valence electrons. The average Bonchev–Trinajstić information content (AvgIpc) is 3.22. The molecule has 0 aliphatic heterocycles. The number of hydrogen-bond donors (Lipinski definition) is 1. The molecular formula is C21H18N2O2S. The summed E-state index contributed by atoms with van der Waals surface area (Å²) < 4.78 is 3.30. The zero-order valence-electron chi connectivity index (χ0n) is 14.3. The summed E-state index contributed by atoms with van der Waals surface area (Å²) in [5.74, 6) is -0.785. The van der Waals surface area contributed by atoms with E-state index in [2.05, 4.69) is 39.9 Å². The standard InChI is InChI=1S/C21H18N2O2S/c1-14-22-18-10-7-17(13-20(18)26-14)23-16(9-12-21(24)25)8-11-19(23)15-5-3-2-4-6-15/h2-8,10-11,13H,9,12H2,1H3,(H,24,25). The van der Waals surface area contributed by atoms with Crippen molar-refractivity contribution in [3.05, 3.63) is 71.4 Å². The van der Waals surface area contributed by atoms with Crippen LogP contribution in [0.4, 0.5) is 0 Å². The van der Waals surface area contributed by atoms with E-state index >= 15 is 0 Å². The third-order valence-electron chi connectivity index (χ3n) is 4.36. The summed E-state index contributed by atoms with van der Waals surface area (Å²) >= 11 is 1.67. The largest absolute Gasteiger partial charge is 0.481 e. The maximum Gasteiger partial charge on any atom is 0.303 e. The average molecular weight is 362 g/mol. The van der Waals surface area contributed by atoms with Gasteiger partial charge >= 0.3 is 5.97 Å². The van der Waals surface area contributed by atoms with Gasteiger partial charge in [0, 0.05) is 11.4 Å². The van der Waals surface area contributed by atoms with Crippen LogP contribution < -0.4 is 0 Å². The molecule has 4 rings (SSSR count). The fourth-order valence-electron chi connectivity index (χ4n) is 3.22. The number of benzene rings is 2. The number of aryl methyl sites for hydroxylation is 2. The highest BCUT2D eigenvalue weighted by Crippen LogP contribution is 2.30. The van der Waals surface area contributed by atoms with Gasteiger partial charge in [-0.1, -0.05) is 30.3 Å². The lowest BCUT2D eigenvalue weighted by Gasteiger charge is -2.14. The van der Waals surface area contributed by atoms with Gasteiger partial charge in [0.15, 0.2) is 0 Å². The third-order valence-corrected chi connectivity index (χ3v) is 5.30. The first-order valence-corrected chi connectivity index (χ1v) is 9.29. The van der Waals surface area contributed by atoms with Crippen LogP contribution in [0.1, 0.15) is 17.1 Å². The number of carboxylic acid groups (broad SMARTS) is 1. The van der Waals surface area contributed by atoms with Crippen molar-refractivity contribution in [2.24, 2.45) is 0 Å². The molecule has 0 fully saturated rings. The molecule has 26 heavy (non-hydrogen) atoms. The molecule has 4 nitrogen and oxygen atoms in total. The number of hydrogen-bond acceptors (Lipinski definition) is 3. The van der Waals surface area contributed by atoms with Gasteiger partial charge in [-0.05, 0) is 49.2 Å². The predicted octanol–water partition coefficient (Wildman–Crippen LogP) is 5.08. The summed E-state index contributed by atoms with van der Waals surface area (Å²) in [6.07, 6.45) is 0.599. The molecule has 0 bridgehead atoms. The van der Waals surface area contributed by atoms with Gasteiger partial charge in [-0.25, -0.2) is 4.98 Å². The van der Waals surface area contributed by atoms with Crippen molar-refractivity contribution in [1.82, 2.24) is 9.55 Å². The van der Waals surface area contributed by atoms with Crippen molar-refractivity contribution in [3.63, 3.8) is 0 Å². The normalized spacial score (nSPS) is 11.1. The van der Waals surface area contributed by atoms with E-state index in [1.165, 1.54) is 0 Å². The van der Waals surface area contributed by atoms with E-state index in [0.717, 1.165) is 37.9 Å². The first kappa shape index (κ1) is 16.5. The second kappa shape index (κ2) is 6.77. The molecular weight excluding hydrogens is 344 g/mol. The molecule has 0 atom stereocenters. The molecule has 5 heteroatoms. The Morgan fingerprint density at radius 1 is 1.12 bits per heavy atom. The minimum atomic E-state index is -0.785. The van der Waals surface area contributed by atoms with Crippen molar-refractivity contribution < 1.29 is 9.90 Å². The second-order valence-corrected chi connectivity index (χ2v) is 7.42. The van der Waals surface area contributed by atoms with Gasteiger partial charge < -0.3 is 9.67 Å². The quantitative estimate of drug-likeness (QED) is 0.539. The second-order valence-electron chi connectivity index (χ2n) is 6.19. The Morgan fingerprint density at radius 2 is 1.92 bits per heavy atom. The summed E-state index contributed by atoms with van der Waals surface area (Å²) in [7, 11) is 0. The number of fused-ring (bicyclic) bond motifs is 1. The van der Waals surface area contributed by atoms with Gasteiger partial charge in [-0.15, -0.1) is 11.3 Å². The van der Waals surface area contributed by atoms with Gasteiger partial charge in [0.05, 0.1) is 27.3 Å². The number of aliphatic carboxylic acids is 1. The van der Waals surface area contributed by atoms with Crippen LogP contribution in [-0.2, 0) is 11.2 Å². The molecule has 2 aromatic carbocycles. The van der Waals surface area contributed by atoms with E-state index in [1.54, 1.807) is 11.3 Å². The fourth-order valence-corrected chi connectivity index (χ4v) is 4.08. The van der Waals surface area contributed by atoms with Gasteiger partial charge in [-0.3, -0.25) is 4.79 Å². The van der Waals surface area contributed by atoms with Crippen LogP contribution in [0.5, 0.6) is 0 Å². The molecule has 0 saturated carbocycles. The van der Waals surface area contributed by atoms with E-state index in [4.69, 9.17) is 5.11 Å². The van der Waals surface area contributed by atoms with E-state index in [-0.39, 0.29) is 6.42 Å². The maximum atomic E-state index is 11.1. The first-order valence-electron chi connectivity index (χ1n) is 8.47. The van der Waals surface area contributed by atoms with E-state index in [0.29, 0.717) is 6.42 Å². The van der Waals surface area contributed by atoms with Crippen LogP contribution in [0.2, 0.25) is 0 Å². The lowest BCUT2D eigenvalue weighted by molar-refractivity contribution is -0.136. The van der Waals surface area contributed by atoms with E-state index in [1.807, 2.05) is 37.3 Å². The van der Waals surface area contributed by atoms with E-state index in [9.17, 15) is 4.79 Å². The molecule has 0 spiro atoms. The molecule has 0 radical (unpaired) electrons. The molecule has 1 N–H and O–H groups in total. The Balaban J connectivity index is 1.87. The lowest BCUT2D eigenvalue weighted by Crippen LogP contribution is -2.05. The Hall–Kier alpha value is -2.92.